The highest BCUT2D eigenvalue weighted by atomic mass is 35.5. The lowest BCUT2D eigenvalue weighted by Gasteiger charge is -2.36. The van der Waals surface area contributed by atoms with E-state index in [2.05, 4.69) is 9.97 Å². The Hall–Kier alpha value is -4.67. The quantitative estimate of drug-likeness (QED) is 0.228. The van der Waals surface area contributed by atoms with Gasteiger partial charge in [0.2, 0.25) is 11.3 Å². The normalized spacial score (nSPS) is 14.9. The molecule has 1 saturated heterocycles. The molecule has 1 amide bonds. The van der Waals surface area contributed by atoms with Crippen LogP contribution in [0.4, 0.5) is 10.1 Å². The number of hydrogen-bond acceptors (Lipinski definition) is 8. The number of fused-ring (bicyclic) bond motifs is 1. The topological polar surface area (TPSA) is 152 Å². The van der Waals surface area contributed by atoms with Gasteiger partial charge in [0, 0.05) is 54.4 Å². The van der Waals surface area contributed by atoms with E-state index in [1.807, 2.05) is 6.07 Å². The summed E-state index contributed by atoms with van der Waals surface area (Å²) in [6.07, 6.45) is 3.03. The third-order valence-corrected chi connectivity index (χ3v) is 8.81. The number of piperazine rings is 1. The molecule has 2 aromatic carbocycles. The predicted molar refractivity (Wildman–Crippen MR) is 163 cm³/mol. The number of H-pyrrole nitrogens is 1. The zero-order chi connectivity index (χ0) is 31.1. The SMILES string of the molecule is N#Cc1c(-c2ccc(Cl)cc2)nc(SCC(=O)N2CCN(c3cc4c(cc3F)c(=O)c(C(=O)O)cn4C3CC3)CC2)[nH]c1=O. The van der Waals surface area contributed by atoms with Crippen LogP contribution in [0.1, 0.15) is 34.8 Å². The van der Waals surface area contributed by atoms with Gasteiger partial charge in [0.05, 0.1) is 22.7 Å². The van der Waals surface area contributed by atoms with E-state index in [9.17, 15) is 29.5 Å². The van der Waals surface area contributed by atoms with Crippen LogP contribution in [0.15, 0.2) is 57.3 Å². The van der Waals surface area contributed by atoms with E-state index in [0.717, 1.165) is 30.7 Å². The van der Waals surface area contributed by atoms with Crippen molar-refractivity contribution in [3.8, 4) is 17.3 Å². The largest absolute Gasteiger partial charge is 0.477 e. The van der Waals surface area contributed by atoms with Crippen molar-refractivity contribution in [2.24, 2.45) is 0 Å². The number of amides is 1. The van der Waals surface area contributed by atoms with E-state index in [1.54, 1.807) is 44.7 Å². The van der Waals surface area contributed by atoms with E-state index in [1.165, 1.54) is 6.20 Å². The third kappa shape index (κ3) is 5.66. The lowest BCUT2D eigenvalue weighted by atomic mass is 10.1. The number of hydrogen-bond donors (Lipinski definition) is 2. The van der Waals surface area contributed by atoms with Gasteiger partial charge < -0.3 is 24.5 Å². The molecule has 44 heavy (non-hydrogen) atoms. The molecule has 6 rings (SSSR count). The number of rotatable bonds is 7. The number of thioether (sulfide) groups is 1. The maximum absolute atomic E-state index is 15.3. The molecule has 0 spiro atoms. The van der Waals surface area contributed by atoms with E-state index in [4.69, 9.17) is 11.6 Å². The standard InChI is InChI=1S/C30H24ClFN6O5S/c31-17-3-1-16(2-4-17)26-20(13-33)28(41)35-30(34-26)44-15-25(39)37-9-7-36(8-10-37)24-12-23-19(11-22(24)32)27(40)21(29(42)43)14-38(23)18-5-6-18/h1-4,11-12,14,18H,5-10,15H2,(H,42,43)(H,34,35,41). The number of nitrogens with zero attached hydrogens (tertiary/aromatic N) is 5. The lowest BCUT2D eigenvalue weighted by molar-refractivity contribution is -0.128. The third-order valence-electron chi connectivity index (χ3n) is 7.70. The molecule has 2 N–H and O–H groups in total. The first-order chi connectivity index (χ1) is 21.1. The molecule has 1 aliphatic carbocycles. The zero-order valence-electron chi connectivity index (χ0n) is 23.0. The summed E-state index contributed by atoms with van der Waals surface area (Å²) < 4.78 is 17.1. The maximum atomic E-state index is 15.3. The molecule has 0 unspecified atom stereocenters. The molecule has 2 fully saturated rings. The second kappa shape index (κ2) is 11.8. The number of carbonyl (C=O) groups excluding carboxylic acids is 1. The minimum Gasteiger partial charge on any atom is -0.477 e. The second-order valence-electron chi connectivity index (χ2n) is 10.5. The van der Waals surface area contributed by atoms with Gasteiger partial charge in [0.15, 0.2) is 5.16 Å². The minimum atomic E-state index is -1.35. The van der Waals surface area contributed by atoms with Crippen LogP contribution < -0.4 is 15.9 Å². The Balaban J connectivity index is 1.15. The molecule has 224 valence electrons. The summed E-state index contributed by atoms with van der Waals surface area (Å²) >= 11 is 7.00. The van der Waals surface area contributed by atoms with Crippen LogP contribution >= 0.6 is 23.4 Å². The number of nitriles is 1. The number of pyridine rings is 1. The van der Waals surface area contributed by atoms with Crippen LogP contribution in [0.5, 0.6) is 0 Å². The molecule has 14 heteroatoms. The van der Waals surface area contributed by atoms with Crippen LogP contribution in [-0.2, 0) is 4.79 Å². The number of nitrogens with one attached hydrogen (secondary N) is 1. The highest BCUT2D eigenvalue weighted by molar-refractivity contribution is 7.99. The molecule has 0 atom stereocenters. The van der Waals surface area contributed by atoms with E-state index >= 15 is 4.39 Å². The van der Waals surface area contributed by atoms with Crippen molar-refractivity contribution in [3.05, 3.63) is 85.1 Å². The van der Waals surface area contributed by atoms with E-state index < -0.39 is 22.8 Å². The van der Waals surface area contributed by atoms with Crippen LogP contribution in [0, 0.1) is 17.1 Å². The number of halogens is 2. The molecular weight excluding hydrogens is 611 g/mol. The van der Waals surface area contributed by atoms with Gasteiger partial charge in [0.25, 0.3) is 5.56 Å². The van der Waals surface area contributed by atoms with Crippen molar-refractivity contribution in [3.63, 3.8) is 0 Å². The number of anilines is 1. The van der Waals surface area contributed by atoms with Crippen molar-refractivity contribution >= 4 is 51.8 Å². The summed E-state index contributed by atoms with van der Waals surface area (Å²) in [5, 5.41) is 19.7. The first-order valence-corrected chi connectivity index (χ1v) is 15.1. The second-order valence-corrected chi connectivity index (χ2v) is 11.9. The molecule has 3 heterocycles. The van der Waals surface area contributed by atoms with Crippen LogP contribution in [0.2, 0.25) is 5.02 Å². The van der Waals surface area contributed by atoms with Crippen LogP contribution in [0.3, 0.4) is 0 Å². The van der Waals surface area contributed by atoms with Gasteiger partial charge in [-0.15, -0.1) is 0 Å². The van der Waals surface area contributed by atoms with Gasteiger partial charge in [-0.3, -0.25) is 14.4 Å². The average Bonchev–Trinajstić information content (AvgIpc) is 3.86. The fourth-order valence-corrected chi connectivity index (χ4v) is 6.16. The summed E-state index contributed by atoms with van der Waals surface area (Å²) in [5.74, 6) is -2.20. The summed E-state index contributed by atoms with van der Waals surface area (Å²) in [4.78, 5) is 60.4. The number of aromatic nitrogens is 3. The summed E-state index contributed by atoms with van der Waals surface area (Å²) in [6, 6.07) is 11.2. The van der Waals surface area contributed by atoms with Gasteiger partial charge in [-0.2, -0.15) is 5.26 Å². The van der Waals surface area contributed by atoms with E-state index in [-0.39, 0.29) is 50.8 Å². The Morgan fingerprint density at radius 3 is 2.48 bits per heavy atom. The van der Waals surface area contributed by atoms with E-state index in [0.29, 0.717) is 42.3 Å². The number of carboxylic acid groups (broad SMARTS) is 1. The van der Waals surface area contributed by atoms with Crippen molar-refractivity contribution in [1.82, 2.24) is 19.4 Å². The number of aromatic amines is 1. The highest BCUT2D eigenvalue weighted by Crippen LogP contribution is 2.38. The minimum absolute atomic E-state index is 0.0151. The monoisotopic (exact) mass is 634 g/mol. The molecule has 2 aromatic heterocycles. The molecule has 11 nitrogen and oxygen atoms in total. The Labute approximate surface area is 258 Å². The maximum Gasteiger partial charge on any atom is 0.341 e. The Kier molecular flexibility index (Phi) is 7.87. The van der Waals surface area contributed by atoms with Crippen molar-refractivity contribution in [1.29, 1.82) is 5.26 Å². The molecular formula is C30H24ClFN6O5S. The van der Waals surface area contributed by atoms with Crippen LogP contribution in [-0.4, -0.2) is 68.3 Å². The first-order valence-electron chi connectivity index (χ1n) is 13.7. The summed E-state index contributed by atoms with van der Waals surface area (Å²) in [7, 11) is 0. The molecule has 0 bridgehead atoms. The van der Waals surface area contributed by atoms with Crippen LogP contribution in [0.25, 0.3) is 22.2 Å². The van der Waals surface area contributed by atoms with Gasteiger partial charge in [0.1, 0.15) is 23.0 Å². The number of carbonyl (C=O) groups is 2. The van der Waals surface area contributed by atoms with Crippen molar-refractivity contribution in [2.45, 2.75) is 24.0 Å². The Bertz CT molecular complexity index is 1980. The predicted octanol–water partition coefficient (Wildman–Crippen LogP) is 3.89. The lowest BCUT2D eigenvalue weighted by Crippen LogP contribution is -2.49. The molecule has 4 aromatic rings. The molecule has 1 aliphatic heterocycles. The number of carboxylic acids is 1. The number of aromatic carboxylic acids is 1. The molecule has 1 saturated carbocycles. The zero-order valence-corrected chi connectivity index (χ0v) is 24.6. The Morgan fingerprint density at radius 1 is 1.14 bits per heavy atom. The van der Waals surface area contributed by atoms with Gasteiger partial charge in [-0.1, -0.05) is 35.5 Å². The van der Waals surface area contributed by atoms with Crippen molar-refractivity contribution < 1.29 is 19.1 Å². The van der Waals surface area contributed by atoms with Gasteiger partial charge in [-0.25, -0.2) is 14.2 Å². The fraction of sp³-hybridized carbons (Fsp3) is 0.267. The summed E-state index contributed by atoms with van der Waals surface area (Å²) in [6.45, 7) is 1.31. The molecule has 0 radical (unpaired) electrons. The smallest absolute Gasteiger partial charge is 0.341 e. The van der Waals surface area contributed by atoms with Crippen molar-refractivity contribution in [2.75, 3.05) is 36.8 Å². The fourth-order valence-electron chi connectivity index (χ4n) is 5.27. The molecule has 2 aliphatic rings. The average molecular weight is 635 g/mol. The summed E-state index contributed by atoms with van der Waals surface area (Å²) in [5.41, 5.74) is -0.361. The Morgan fingerprint density at radius 2 is 1.84 bits per heavy atom. The van der Waals surface area contributed by atoms with Gasteiger partial charge in [-0.05, 0) is 37.1 Å². The highest BCUT2D eigenvalue weighted by Gasteiger charge is 2.29. The number of benzene rings is 2. The first kappa shape index (κ1) is 29.4. The van der Waals surface area contributed by atoms with Gasteiger partial charge >= 0.3 is 5.97 Å².